The van der Waals surface area contributed by atoms with Crippen LogP contribution in [-0.2, 0) is 23.2 Å². The SMILES string of the molecule is CC(=O)Nc1cc(-c2cn(C)c(=O)c3cc(CN4CCN(C)C(=O)C4)oc23)ccn1. The van der Waals surface area contributed by atoms with Crippen molar-refractivity contribution in [3.8, 4) is 11.1 Å². The second-order valence-corrected chi connectivity index (χ2v) is 7.55. The zero-order valence-corrected chi connectivity index (χ0v) is 17.1. The number of aryl methyl sites for hydroxylation is 1. The van der Waals surface area contributed by atoms with E-state index >= 15 is 0 Å². The molecule has 4 heterocycles. The molecule has 1 aliphatic heterocycles. The Labute approximate surface area is 172 Å². The molecule has 0 spiro atoms. The van der Waals surface area contributed by atoms with Gasteiger partial charge in [-0.2, -0.15) is 0 Å². The number of aromatic nitrogens is 2. The fourth-order valence-electron chi connectivity index (χ4n) is 3.59. The molecule has 3 aromatic rings. The van der Waals surface area contributed by atoms with E-state index in [2.05, 4.69) is 10.3 Å². The van der Waals surface area contributed by atoms with Crippen molar-refractivity contribution in [3.05, 3.63) is 46.7 Å². The number of carbonyl (C=O) groups excluding carboxylic acids is 2. The molecule has 1 saturated heterocycles. The number of rotatable bonds is 4. The highest BCUT2D eigenvalue weighted by atomic mass is 16.3. The lowest BCUT2D eigenvalue weighted by Gasteiger charge is -2.31. The Morgan fingerprint density at radius 3 is 2.77 bits per heavy atom. The van der Waals surface area contributed by atoms with E-state index in [1.165, 1.54) is 11.5 Å². The van der Waals surface area contributed by atoms with Gasteiger partial charge in [-0.05, 0) is 23.8 Å². The number of anilines is 1. The first-order chi connectivity index (χ1) is 14.3. The van der Waals surface area contributed by atoms with Crippen LogP contribution in [0.1, 0.15) is 12.7 Å². The van der Waals surface area contributed by atoms with Crippen LogP contribution in [0.15, 0.2) is 39.8 Å². The third-order valence-electron chi connectivity index (χ3n) is 5.19. The van der Waals surface area contributed by atoms with Crippen molar-refractivity contribution in [2.75, 3.05) is 32.0 Å². The minimum absolute atomic E-state index is 0.0660. The van der Waals surface area contributed by atoms with Crippen LogP contribution in [-0.4, -0.2) is 57.8 Å². The maximum Gasteiger partial charge on any atom is 0.261 e. The summed E-state index contributed by atoms with van der Waals surface area (Å²) in [6.07, 6.45) is 3.31. The molecule has 9 heteroatoms. The van der Waals surface area contributed by atoms with Crippen LogP contribution < -0.4 is 10.9 Å². The van der Waals surface area contributed by atoms with Crippen molar-refractivity contribution in [1.29, 1.82) is 0 Å². The number of furan rings is 1. The summed E-state index contributed by atoms with van der Waals surface area (Å²) in [5.74, 6) is 0.899. The Hall–Kier alpha value is -3.46. The van der Waals surface area contributed by atoms with Crippen molar-refractivity contribution < 1.29 is 14.0 Å². The smallest absolute Gasteiger partial charge is 0.261 e. The number of hydrogen-bond donors (Lipinski definition) is 1. The van der Waals surface area contributed by atoms with Gasteiger partial charge in [0.05, 0.1) is 18.5 Å². The van der Waals surface area contributed by atoms with E-state index in [4.69, 9.17) is 4.42 Å². The van der Waals surface area contributed by atoms with E-state index in [1.54, 1.807) is 49.6 Å². The van der Waals surface area contributed by atoms with Gasteiger partial charge in [0.2, 0.25) is 11.8 Å². The van der Waals surface area contributed by atoms with Crippen LogP contribution >= 0.6 is 0 Å². The Morgan fingerprint density at radius 2 is 2.03 bits per heavy atom. The van der Waals surface area contributed by atoms with Gasteiger partial charge in [-0.15, -0.1) is 0 Å². The molecule has 2 amide bonds. The number of nitrogens with zero attached hydrogens (tertiary/aromatic N) is 4. The Morgan fingerprint density at radius 1 is 1.23 bits per heavy atom. The van der Waals surface area contributed by atoms with Gasteiger partial charge in [0.15, 0.2) is 0 Å². The molecule has 4 rings (SSSR count). The van der Waals surface area contributed by atoms with E-state index in [1.807, 2.05) is 4.90 Å². The summed E-state index contributed by atoms with van der Waals surface area (Å²) in [5.41, 5.74) is 1.81. The van der Waals surface area contributed by atoms with Crippen molar-refractivity contribution in [1.82, 2.24) is 19.4 Å². The number of nitrogens with one attached hydrogen (secondary N) is 1. The van der Waals surface area contributed by atoms with E-state index in [9.17, 15) is 14.4 Å². The minimum atomic E-state index is -0.215. The molecule has 0 bridgehead atoms. The summed E-state index contributed by atoms with van der Waals surface area (Å²) in [4.78, 5) is 43.9. The monoisotopic (exact) mass is 409 g/mol. The molecule has 30 heavy (non-hydrogen) atoms. The quantitative estimate of drug-likeness (QED) is 0.700. The second kappa shape index (κ2) is 7.75. The number of fused-ring (bicyclic) bond motifs is 1. The maximum absolute atomic E-state index is 12.7. The minimum Gasteiger partial charge on any atom is -0.459 e. The maximum atomic E-state index is 12.7. The summed E-state index contributed by atoms with van der Waals surface area (Å²) in [7, 11) is 3.48. The van der Waals surface area contributed by atoms with Crippen LogP contribution in [0.25, 0.3) is 22.1 Å². The molecule has 0 saturated carbocycles. The normalized spacial score (nSPS) is 15.0. The van der Waals surface area contributed by atoms with Crippen LogP contribution in [0.4, 0.5) is 5.82 Å². The van der Waals surface area contributed by atoms with Gasteiger partial charge >= 0.3 is 0 Å². The summed E-state index contributed by atoms with van der Waals surface area (Å²) in [6.45, 7) is 3.59. The lowest BCUT2D eigenvalue weighted by molar-refractivity contribution is -0.134. The van der Waals surface area contributed by atoms with E-state index in [0.717, 1.165) is 17.7 Å². The van der Waals surface area contributed by atoms with Gasteiger partial charge in [-0.25, -0.2) is 4.98 Å². The fourth-order valence-corrected chi connectivity index (χ4v) is 3.59. The van der Waals surface area contributed by atoms with Gasteiger partial charge in [0.1, 0.15) is 17.2 Å². The average molecular weight is 409 g/mol. The van der Waals surface area contributed by atoms with Crippen LogP contribution in [0.5, 0.6) is 0 Å². The first-order valence-corrected chi connectivity index (χ1v) is 9.64. The number of amides is 2. The molecule has 3 aromatic heterocycles. The highest BCUT2D eigenvalue weighted by Crippen LogP contribution is 2.30. The van der Waals surface area contributed by atoms with Gasteiger partial charge in [-0.3, -0.25) is 19.3 Å². The molecule has 1 aliphatic rings. The molecule has 156 valence electrons. The lowest BCUT2D eigenvalue weighted by atomic mass is 10.1. The van der Waals surface area contributed by atoms with Gasteiger partial charge in [0.25, 0.3) is 5.56 Å². The average Bonchev–Trinajstić information content (AvgIpc) is 3.11. The van der Waals surface area contributed by atoms with E-state index < -0.39 is 0 Å². The Kier molecular flexibility index (Phi) is 5.13. The van der Waals surface area contributed by atoms with E-state index in [0.29, 0.717) is 42.2 Å². The summed E-state index contributed by atoms with van der Waals surface area (Å²) >= 11 is 0. The number of piperazine rings is 1. The molecule has 0 aliphatic carbocycles. The second-order valence-electron chi connectivity index (χ2n) is 7.55. The fraction of sp³-hybridized carbons (Fsp3) is 0.333. The van der Waals surface area contributed by atoms with Crippen molar-refractivity contribution >= 4 is 28.6 Å². The third-order valence-corrected chi connectivity index (χ3v) is 5.19. The van der Waals surface area contributed by atoms with E-state index in [-0.39, 0.29) is 17.4 Å². The molecule has 1 N–H and O–H groups in total. The predicted octanol–water partition coefficient (Wildman–Crippen LogP) is 1.43. The number of carbonyl (C=O) groups is 2. The number of hydrogen-bond acceptors (Lipinski definition) is 6. The number of pyridine rings is 2. The van der Waals surface area contributed by atoms with Crippen molar-refractivity contribution in [3.63, 3.8) is 0 Å². The molecule has 0 radical (unpaired) electrons. The molecule has 0 atom stereocenters. The largest absolute Gasteiger partial charge is 0.459 e. The first kappa shape index (κ1) is 19.8. The number of likely N-dealkylation sites (N-methyl/N-ethyl adjacent to an activating group) is 1. The molecule has 0 unspecified atom stereocenters. The topological polar surface area (TPSA) is 101 Å². The Balaban J connectivity index is 1.73. The standard InChI is InChI=1S/C21H23N5O4/c1-13(27)23-18-8-14(4-5-22-18)17-11-25(3)21(29)16-9-15(30-20(16)17)10-26-7-6-24(2)19(28)12-26/h4-5,8-9,11H,6-7,10,12H2,1-3H3,(H,22,23,27). The summed E-state index contributed by atoms with van der Waals surface area (Å²) < 4.78 is 7.60. The van der Waals surface area contributed by atoms with Crippen LogP contribution in [0.2, 0.25) is 0 Å². The highest BCUT2D eigenvalue weighted by molar-refractivity contribution is 5.93. The summed E-state index contributed by atoms with van der Waals surface area (Å²) in [5, 5.41) is 3.14. The van der Waals surface area contributed by atoms with Crippen LogP contribution in [0.3, 0.4) is 0 Å². The first-order valence-electron chi connectivity index (χ1n) is 9.64. The Bertz CT molecular complexity index is 1200. The lowest BCUT2D eigenvalue weighted by Crippen LogP contribution is -2.47. The zero-order chi connectivity index (χ0) is 21.4. The van der Waals surface area contributed by atoms with Crippen LogP contribution in [0, 0.1) is 0 Å². The molecule has 9 nitrogen and oxygen atoms in total. The van der Waals surface area contributed by atoms with Crippen molar-refractivity contribution in [2.45, 2.75) is 13.5 Å². The predicted molar refractivity (Wildman–Crippen MR) is 112 cm³/mol. The van der Waals surface area contributed by atoms with Gasteiger partial charge < -0.3 is 19.2 Å². The van der Waals surface area contributed by atoms with Gasteiger partial charge in [-0.1, -0.05) is 0 Å². The summed E-state index contributed by atoms with van der Waals surface area (Å²) in [6, 6.07) is 5.29. The molecule has 1 fully saturated rings. The zero-order valence-electron chi connectivity index (χ0n) is 17.1. The third kappa shape index (κ3) is 3.84. The highest BCUT2D eigenvalue weighted by Gasteiger charge is 2.23. The molecule has 0 aromatic carbocycles. The van der Waals surface area contributed by atoms with Gasteiger partial charge in [0, 0.05) is 52.1 Å². The van der Waals surface area contributed by atoms with Crippen molar-refractivity contribution in [2.24, 2.45) is 7.05 Å². The molecular weight excluding hydrogens is 386 g/mol. The molecular formula is C21H23N5O4.